The van der Waals surface area contributed by atoms with Crippen LogP contribution in [0.5, 0.6) is 11.5 Å². The number of phenolic OH excluding ortho intramolecular Hbond substituents is 1. The number of nitrogens with zero attached hydrogens (tertiary/aromatic N) is 4. The first kappa shape index (κ1) is 25.2. The normalized spacial score (nSPS) is 14.4. The minimum absolute atomic E-state index is 0.0113. The van der Waals surface area contributed by atoms with Gasteiger partial charge in [0.2, 0.25) is 0 Å². The molecule has 184 valence electrons. The number of aromatic nitrogens is 3. The first-order valence-corrected chi connectivity index (χ1v) is 13.3. The summed E-state index contributed by atoms with van der Waals surface area (Å²) < 4.78 is 7.83. The predicted octanol–water partition coefficient (Wildman–Crippen LogP) is 5.48. The third-order valence-electron chi connectivity index (χ3n) is 5.92. The maximum atomic E-state index is 12.5. The van der Waals surface area contributed by atoms with Crippen LogP contribution in [0.3, 0.4) is 0 Å². The molecule has 0 saturated heterocycles. The Morgan fingerprint density at radius 2 is 2.00 bits per heavy atom. The van der Waals surface area contributed by atoms with Gasteiger partial charge in [0.15, 0.2) is 22.5 Å². The first-order valence-electron chi connectivity index (χ1n) is 11.5. The molecule has 1 fully saturated rings. The van der Waals surface area contributed by atoms with Gasteiger partial charge in [-0.2, -0.15) is 5.10 Å². The van der Waals surface area contributed by atoms with E-state index >= 15 is 0 Å². The maximum absolute atomic E-state index is 12.5. The molecule has 0 atom stereocenters. The van der Waals surface area contributed by atoms with E-state index in [2.05, 4.69) is 72.4 Å². The van der Waals surface area contributed by atoms with Gasteiger partial charge in [-0.25, -0.2) is 5.43 Å². The summed E-state index contributed by atoms with van der Waals surface area (Å²) in [5.41, 5.74) is 5.45. The van der Waals surface area contributed by atoms with Crippen molar-refractivity contribution in [3.8, 4) is 22.9 Å². The van der Waals surface area contributed by atoms with E-state index in [1.807, 2.05) is 0 Å². The number of rotatable bonds is 8. The number of aromatic hydroxyl groups is 1. The monoisotopic (exact) mass is 557 g/mol. The summed E-state index contributed by atoms with van der Waals surface area (Å²) in [6.45, 7) is 2.06. The van der Waals surface area contributed by atoms with Gasteiger partial charge in [-0.15, -0.1) is 10.2 Å². The van der Waals surface area contributed by atoms with Crippen LogP contribution in [-0.4, -0.2) is 44.9 Å². The molecule has 1 aromatic heterocycles. The zero-order chi connectivity index (χ0) is 24.8. The minimum atomic E-state index is -0.244. The third kappa shape index (κ3) is 6.24. The largest absolute Gasteiger partial charge is 0.503 e. The molecule has 1 aliphatic rings. The van der Waals surface area contributed by atoms with Crippen molar-refractivity contribution in [2.24, 2.45) is 5.10 Å². The lowest BCUT2D eigenvalue weighted by Crippen LogP contribution is -2.20. The summed E-state index contributed by atoms with van der Waals surface area (Å²) in [6.07, 6.45) is 7.31. The first-order chi connectivity index (χ1) is 17.0. The van der Waals surface area contributed by atoms with E-state index in [1.165, 1.54) is 49.9 Å². The van der Waals surface area contributed by atoms with Gasteiger partial charge in [0, 0.05) is 11.6 Å². The number of hydrazone groups is 1. The van der Waals surface area contributed by atoms with Gasteiger partial charge in [-0.05, 0) is 53.4 Å². The number of amides is 1. The van der Waals surface area contributed by atoms with Crippen molar-refractivity contribution >= 4 is 39.8 Å². The Bertz CT molecular complexity index is 1210. The molecule has 35 heavy (non-hydrogen) atoms. The van der Waals surface area contributed by atoms with E-state index in [9.17, 15) is 9.90 Å². The van der Waals surface area contributed by atoms with Crippen LogP contribution in [0.15, 0.2) is 51.1 Å². The summed E-state index contributed by atoms with van der Waals surface area (Å²) in [7, 11) is 1.47. The number of carbonyl (C=O) groups is 1. The Morgan fingerprint density at radius 1 is 1.26 bits per heavy atom. The summed E-state index contributed by atoms with van der Waals surface area (Å²) in [6, 6.07) is 12.0. The fourth-order valence-electron chi connectivity index (χ4n) is 4.11. The van der Waals surface area contributed by atoms with Crippen LogP contribution < -0.4 is 10.2 Å². The highest BCUT2D eigenvalue weighted by Gasteiger charge is 2.24. The average Bonchev–Trinajstić information content (AvgIpc) is 3.29. The molecule has 0 unspecified atom stereocenters. The van der Waals surface area contributed by atoms with Crippen LogP contribution in [0, 0.1) is 6.92 Å². The highest BCUT2D eigenvalue weighted by molar-refractivity contribution is 9.10. The van der Waals surface area contributed by atoms with Gasteiger partial charge in [0.1, 0.15) is 0 Å². The molecule has 4 rings (SSSR count). The van der Waals surface area contributed by atoms with Crippen molar-refractivity contribution in [3.05, 3.63) is 52.0 Å². The molecule has 0 spiro atoms. The number of benzene rings is 2. The second-order valence-corrected chi connectivity index (χ2v) is 10.3. The fraction of sp³-hybridized carbons (Fsp3) is 0.360. The molecule has 3 aromatic rings. The van der Waals surface area contributed by atoms with Crippen molar-refractivity contribution in [1.82, 2.24) is 20.2 Å². The van der Waals surface area contributed by atoms with Crippen LogP contribution in [0.2, 0.25) is 0 Å². The number of thioether (sulfide) groups is 1. The zero-order valence-corrected chi connectivity index (χ0v) is 22.1. The standard InChI is InChI=1S/C25H28BrN5O3S/c1-16-8-10-18(11-9-16)24-29-30-25(31(24)19-6-4-3-5-7-19)35-15-22(32)28-27-14-17-12-20(26)23(33)21(13-17)34-2/h8-14,19,33H,3-7,15H2,1-2H3,(H,28,32). The second-order valence-electron chi connectivity index (χ2n) is 8.47. The van der Waals surface area contributed by atoms with E-state index in [4.69, 9.17) is 4.74 Å². The van der Waals surface area contributed by atoms with Gasteiger partial charge in [0.05, 0.1) is 23.5 Å². The Morgan fingerprint density at radius 3 is 2.71 bits per heavy atom. The molecule has 2 N–H and O–H groups in total. The van der Waals surface area contributed by atoms with Gasteiger partial charge in [-0.3, -0.25) is 9.36 Å². The molecule has 10 heteroatoms. The predicted molar refractivity (Wildman–Crippen MR) is 141 cm³/mol. The van der Waals surface area contributed by atoms with Crippen molar-refractivity contribution in [1.29, 1.82) is 0 Å². The van der Waals surface area contributed by atoms with E-state index in [1.54, 1.807) is 12.1 Å². The van der Waals surface area contributed by atoms with Crippen LogP contribution in [0.25, 0.3) is 11.4 Å². The van der Waals surface area contributed by atoms with Gasteiger partial charge < -0.3 is 9.84 Å². The fourth-order valence-corrected chi connectivity index (χ4v) is 5.37. The highest BCUT2D eigenvalue weighted by atomic mass is 79.9. The molecular formula is C25H28BrN5O3S. The number of methoxy groups -OCH3 is 1. The lowest BCUT2D eigenvalue weighted by molar-refractivity contribution is -0.118. The Hall–Kier alpha value is -2.85. The van der Waals surface area contributed by atoms with Gasteiger partial charge in [-0.1, -0.05) is 60.9 Å². The minimum Gasteiger partial charge on any atom is -0.503 e. The summed E-state index contributed by atoms with van der Waals surface area (Å²) in [5.74, 6) is 1.10. The Labute approximate surface area is 217 Å². The van der Waals surface area contributed by atoms with Gasteiger partial charge in [0.25, 0.3) is 5.91 Å². The topological polar surface area (TPSA) is 102 Å². The maximum Gasteiger partial charge on any atom is 0.250 e. The molecule has 0 bridgehead atoms. The smallest absolute Gasteiger partial charge is 0.250 e. The summed E-state index contributed by atoms with van der Waals surface area (Å²) >= 11 is 4.64. The Kier molecular flexibility index (Phi) is 8.46. The van der Waals surface area contributed by atoms with Crippen molar-refractivity contribution in [3.63, 3.8) is 0 Å². The molecule has 8 nitrogen and oxygen atoms in total. The number of ether oxygens (including phenoxy) is 1. The zero-order valence-electron chi connectivity index (χ0n) is 19.7. The number of carbonyl (C=O) groups excluding carboxylic acids is 1. The molecule has 2 aromatic carbocycles. The molecule has 1 amide bonds. The quantitative estimate of drug-likeness (QED) is 0.216. The third-order valence-corrected chi connectivity index (χ3v) is 7.47. The average molecular weight is 559 g/mol. The van der Waals surface area contributed by atoms with Crippen molar-refractivity contribution in [2.45, 2.75) is 50.2 Å². The van der Waals surface area contributed by atoms with Crippen LogP contribution in [-0.2, 0) is 4.79 Å². The summed E-state index contributed by atoms with van der Waals surface area (Å²) in [4.78, 5) is 12.5. The van der Waals surface area contributed by atoms with E-state index in [0.29, 0.717) is 21.8 Å². The van der Waals surface area contributed by atoms with Crippen LogP contribution >= 0.6 is 27.7 Å². The lowest BCUT2D eigenvalue weighted by Gasteiger charge is -2.25. The molecule has 1 heterocycles. The molecule has 1 saturated carbocycles. The number of nitrogens with one attached hydrogen (secondary N) is 1. The van der Waals surface area contributed by atoms with Crippen LogP contribution in [0.4, 0.5) is 0 Å². The number of aryl methyl sites for hydroxylation is 1. The lowest BCUT2D eigenvalue weighted by atomic mass is 9.95. The molecule has 0 radical (unpaired) electrons. The SMILES string of the molecule is COc1cc(C=NNC(=O)CSc2nnc(-c3ccc(C)cc3)n2C2CCCCC2)cc(Br)c1O. The highest BCUT2D eigenvalue weighted by Crippen LogP contribution is 2.36. The number of phenols is 1. The Balaban J connectivity index is 1.44. The van der Waals surface area contributed by atoms with E-state index < -0.39 is 0 Å². The van der Waals surface area contributed by atoms with E-state index in [0.717, 1.165) is 29.4 Å². The molecule has 1 aliphatic carbocycles. The van der Waals surface area contributed by atoms with Crippen LogP contribution in [0.1, 0.15) is 49.3 Å². The number of hydrogen-bond acceptors (Lipinski definition) is 7. The summed E-state index contributed by atoms with van der Waals surface area (Å²) in [5, 5.41) is 23.6. The number of hydrogen-bond donors (Lipinski definition) is 2. The van der Waals surface area contributed by atoms with Gasteiger partial charge >= 0.3 is 0 Å². The van der Waals surface area contributed by atoms with E-state index in [-0.39, 0.29) is 17.4 Å². The second kappa shape index (κ2) is 11.7. The molecular weight excluding hydrogens is 530 g/mol. The van der Waals surface area contributed by atoms with Crippen molar-refractivity contribution in [2.75, 3.05) is 12.9 Å². The molecule has 0 aliphatic heterocycles. The number of halogens is 1. The van der Waals surface area contributed by atoms with Crippen molar-refractivity contribution < 1.29 is 14.6 Å².